The minimum Gasteiger partial charge on any atom is -0.279 e. The molecule has 4 N–H and O–H groups in total. The van der Waals surface area contributed by atoms with Gasteiger partial charge in [0, 0.05) is 41.7 Å². The fourth-order valence-electron chi connectivity index (χ4n) is 0. The Labute approximate surface area is 207 Å². The maximum Gasteiger partial charge on any atom is 0.522 e. The smallest absolute Gasteiger partial charge is 0.279 e. The van der Waals surface area contributed by atoms with E-state index in [0.717, 1.165) is 0 Å². The standard InChI is InChI=1S/4CHF3O3S.Ce/c4*2-1(3,4)8(5,6)7;/h4*(H,5,6,7);. The van der Waals surface area contributed by atoms with Crippen molar-refractivity contribution in [2.45, 2.75) is 22.0 Å². The number of hydrogen-bond acceptors (Lipinski definition) is 8. The fourth-order valence-corrected chi connectivity index (χ4v) is 0. The van der Waals surface area contributed by atoms with Gasteiger partial charge in [-0.15, -0.1) is 0 Å². The molecule has 33 heavy (non-hydrogen) atoms. The molecule has 0 aliphatic carbocycles. The van der Waals surface area contributed by atoms with Crippen LogP contribution >= 0.6 is 0 Å². The fraction of sp³-hybridized carbons (Fsp3) is 1.00. The SMILES string of the molecule is O=S(=O)(O)C(F)(F)F.O=S(=O)(O)C(F)(F)F.O=S(=O)(O)C(F)(F)F.O=S(=O)(O)C(F)(F)F.[Ce]. The molecule has 0 saturated carbocycles. The van der Waals surface area contributed by atoms with E-state index in [1.165, 1.54) is 0 Å². The van der Waals surface area contributed by atoms with Crippen LogP contribution in [0.25, 0.3) is 0 Å². The molecule has 0 aromatic carbocycles. The molecule has 0 fully saturated rings. The van der Waals surface area contributed by atoms with Gasteiger partial charge in [0.25, 0.3) is 0 Å². The molecule has 0 atom stereocenters. The van der Waals surface area contributed by atoms with Gasteiger partial charge < -0.3 is 0 Å². The van der Waals surface area contributed by atoms with E-state index in [1.807, 2.05) is 0 Å². The van der Waals surface area contributed by atoms with Crippen molar-refractivity contribution in [3.8, 4) is 0 Å². The molecule has 0 aliphatic heterocycles. The first-order chi connectivity index (χ1) is 13.0. The summed E-state index contributed by atoms with van der Waals surface area (Å²) in [5.41, 5.74) is -22.1. The molecule has 12 nitrogen and oxygen atoms in total. The average molecular weight is 740 g/mol. The van der Waals surface area contributed by atoms with E-state index >= 15 is 0 Å². The predicted molar refractivity (Wildman–Crippen MR) is 70.4 cm³/mol. The van der Waals surface area contributed by atoms with Crippen molar-refractivity contribution in [1.29, 1.82) is 0 Å². The third-order valence-corrected chi connectivity index (χ3v) is 3.51. The van der Waals surface area contributed by atoms with Crippen LogP contribution in [0.3, 0.4) is 0 Å². The molecule has 0 aromatic rings. The molecule has 0 aliphatic rings. The minimum absolute atomic E-state index is 0. The largest absolute Gasteiger partial charge is 0.522 e. The number of alkyl halides is 12. The third kappa shape index (κ3) is 22.4. The Balaban J connectivity index is -0.000000105. The molecule has 204 valence electrons. The zero-order chi connectivity index (χ0) is 28.0. The molecule has 0 heterocycles. The third-order valence-electron chi connectivity index (χ3n) is 1.17. The van der Waals surface area contributed by atoms with Gasteiger partial charge in [-0.3, -0.25) is 18.2 Å². The van der Waals surface area contributed by atoms with E-state index in [4.69, 9.17) is 51.9 Å². The molecule has 0 saturated heterocycles. The van der Waals surface area contributed by atoms with E-state index in [0.29, 0.717) is 0 Å². The summed E-state index contributed by atoms with van der Waals surface area (Å²) in [5, 5.41) is 0. The van der Waals surface area contributed by atoms with Crippen LogP contribution in [0.5, 0.6) is 0 Å². The van der Waals surface area contributed by atoms with Gasteiger partial charge in [-0.1, -0.05) is 0 Å². The zero-order valence-corrected chi connectivity index (χ0v) is 20.1. The van der Waals surface area contributed by atoms with E-state index in [1.54, 1.807) is 0 Å². The maximum atomic E-state index is 10.7. The Morgan fingerprint density at radius 2 is 0.364 bits per heavy atom. The first-order valence-corrected chi connectivity index (χ1v) is 10.9. The topological polar surface area (TPSA) is 217 Å². The first kappa shape index (κ1) is 43.3. The molecular formula is C4H4CeF12O12S4. The van der Waals surface area contributed by atoms with Gasteiger partial charge in [-0.25, -0.2) is 0 Å². The van der Waals surface area contributed by atoms with Gasteiger partial charge in [0.1, 0.15) is 0 Å². The maximum absolute atomic E-state index is 10.7. The van der Waals surface area contributed by atoms with Crippen LogP contribution < -0.4 is 0 Å². The van der Waals surface area contributed by atoms with Gasteiger partial charge in [-0.2, -0.15) is 86.4 Å². The Hall–Kier alpha value is 0.177. The molecule has 0 radical (unpaired) electrons. The summed E-state index contributed by atoms with van der Waals surface area (Å²) in [4.78, 5) is 0. The van der Waals surface area contributed by atoms with Crippen LogP contribution in [0, 0.1) is 41.7 Å². The predicted octanol–water partition coefficient (Wildman–Crippen LogP) is 1.58. The zero-order valence-electron chi connectivity index (χ0n) is 13.7. The number of hydrogen-bond donors (Lipinski definition) is 4. The second kappa shape index (κ2) is 13.5. The Morgan fingerprint density at radius 3 is 0.364 bits per heavy atom. The van der Waals surface area contributed by atoms with Gasteiger partial charge in [0.2, 0.25) is 0 Å². The van der Waals surface area contributed by atoms with E-state index < -0.39 is 62.5 Å². The molecular weight excluding hydrogens is 736 g/mol. The van der Waals surface area contributed by atoms with Crippen molar-refractivity contribution in [3.63, 3.8) is 0 Å². The van der Waals surface area contributed by atoms with Crippen LogP contribution in [0.1, 0.15) is 0 Å². The van der Waals surface area contributed by atoms with Crippen molar-refractivity contribution >= 4 is 40.5 Å². The summed E-state index contributed by atoms with van der Waals surface area (Å²) in [6, 6.07) is 0. The average Bonchev–Trinajstić information content (AvgIpc) is 2.30. The van der Waals surface area contributed by atoms with Gasteiger partial charge >= 0.3 is 62.5 Å². The second-order valence-corrected chi connectivity index (χ2v) is 9.34. The van der Waals surface area contributed by atoms with E-state index in [-0.39, 0.29) is 41.7 Å². The van der Waals surface area contributed by atoms with E-state index in [9.17, 15) is 52.7 Å². The normalized spacial score (nSPS) is 13.6. The van der Waals surface area contributed by atoms with Crippen molar-refractivity contribution in [3.05, 3.63) is 0 Å². The number of rotatable bonds is 0. The van der Waals surface area contributed by atoms with Gasteiger partial charge in [0.15, 0.2) is 0 Å². The minimum atomic E-state index is -5.84. The molecule has 0 rings (SSSR count). The quantitative estimate of drug-likeness (QED) is 0.158. The molecule has 0 aromatic heterocycles. The van der Waals surface area contributed by atoms with Crippen molar-refractivity contribution < 1.29 is 146 Å². The first-order valence-electron chi connectivity index (χ1n) is 5.15. The Morgan fingerprint density at radius 1 is 0.333 bits per heavy atom. The molecule has 0 spiro atoms. The van der Waals surface area contributed by atoms with Crippen molar-refractivity contribution in [2.75, 3.05) is 0 Å². The summed E-state index contributed by atoms with van der Waals surface area (Å²) in [7, 11) is -23.4. The molecule has 0 bridgehead atoms. The van der Waals surface area contributed by atoms with Crippen LogP contribution in [-0.2, 0) is 40.5 Å². The van der Waals surface area contributed by atoms with Gasteiger partial charge in [0.05, 0.1) is 0 Å². The Bertz CT molecular complexity index is 828. The second-order valence-electron chi connectivity index (χ2n) is 3.68. The molecule has 29 heteroatoms. The van der Waals surface area contributed by atoms with E-state index in [2.05, 4.69) is 0 Å². The van der Waals surface area contributed by atoms with Crippen LogP contribution in [-0.4, -0.2) is 73.9 Å². The summed E-state index contributed by atoms with van der Waals surface area (Å²) in [6.45, 7) is 0. The van der Waals surface area contributed by atoms with Crippen LogP contribution in [0.2, 0.25) is 0 Å². The summed E-state index contributed by atoms with van der Waals surface area (Å²) < 4.78 is 230. The van der Waals surface area contributed by atoms with Crippen molar-refractivity contribution in [2.24, 2.45) is 0 Å². The summed E-state index contributed by atoms with van der Waals surface area (Å²) in [6.07, 6.45) is 0. The number of halogens is 12. The molecule has 0 amide bonds. The van der Waals surface area contributed by atoms with Crippen LogP contribution in [0.15, 0.2) is 0 Å². The summed E-state index contributed by atoms with van der Waals surface area (Å²) in [5.74, 6) is 0. The summed E-state index contributed by atoms with van der Waals surface area (Å²) >= 11 is 0. The van der Waals surface area contributed by atoms with Gasteiger partial charge in [-0.05, 0) is 0 Å². The van der Waals surface area contributed by atoms with Crippen molar-refractivity contribution in [1.82, 2.24) is 0 Å². The Kier molecular flexibility index (Phi) is 17.7. The molecule has 0 unspecified atom stereocenters. The monoisotopic (exact) mass is 740 g/mol. The van der Waals surface area contributed by atoms with Crippen LogP contribution in [0.4, 0.5) is 52.7 Å².